The molecule has 0 spiro atoms. The number of nitrogens with one attached hydrogen (secondary N) is 1. The van der Waals surface area contributed by atoms with Gasteiger partial charge in [-0.3, -0.25) is 4.98 Å². The summed E-state index contributed by atoms with van der Waals surface area (Å²) in [5, 5.41) is 17.3. The van der Waals surface area contributed by atoms with Crippen molar-refractivity contribution in [3.63, 3.8) is 0 Å². The Balaban J connectivity index is 0.000000279. The smallest absolute Gasteiger partial charge is 0.488 e. The molecule has 11 heteroatoms. The van der Waals surface area contributed by atoms with Gasteiger partial charge in [-0.05, 0) is 115 Å². The summed E-state index contributed by atoms with van der Waals surface area (Å²) in [6.45, 7) is 5.95. The van der Waals surface area contributed by atoms with Crippen LogP contribution >= 0.6 is 47.8 Å². The molecule has 0 amide bonds. The number of anilines is 1. The Labute approximate surface area is 273 Å². The highest BCUT2D eigenvalue weighted by Crippen LogP contribution is 2.18. The molecule has 0 aliphatic rings. The molecule has 3 aromatic heterocycles. The largest absolute Gasteiger partial charge is 1.00 e. The number of aryl methyl sites for hydroxylation is 3. The van der Waals surface area contributed by atoms with Crippen molar-refractivity contribution in [1.29, 1.82) is 0 Å². The van der Waals surface area contributed by atoms with Gasteiger partial charge >= 0.3 is 7.12 Å². The SMILES string of the molecule is Brc1ccc(Br)nc1.Cc1ccc(-c2ccc(N)cc2)c[nH+]1.Cc1ccc(B(O)O)cc1.Cc1ccc(Br)cn1.[Cl-]. The van der Waals surface area contributed by atoms with E-state index in [9.17, 15) is 0 Å². The predicted octanol–water partition coefficient (Wildman–Crippen LogP) is 3.50. The molecule has 3 heterocycles. The highest BCUT2D eigenvalue weighted by molar-refractivity contribution is 9.11. The molecule has 6 nitrogen and oxygen atoms in total. The quantitative estimate of drug-likeness (QED) is 0.145. The molecule has 0 atom stereocenters. The van der Waals surface area contributed by atoms with E-state index in [4.69, 9.17) is 15.8 Å². The van der Waals surface area contributed by atoms with Gasteiger partial charge in [0.05, 0.1) is 0 Å². The highest BCUT2D eigenvalue weighted by atomic mass is 79.9. The van der Waals surface area contributed by atoms with Crippen LogP contribution in [0.1, 0.15) is 17.0 Å². The fourth-order valence-electron chi connectivity index (χ4n) is 2.90. The zero-order valence-corrected chi connectivity index (χ0v) is 28.3. The minimum atomic E-state index is -1.35. The average molecular weight is 766 g/mol. The first kappa shape index (κ1) is 36.4. The molecule has 0 radical (unpaired) electrons. The van der Waals surface area contributed by atoms with Crippen LogP contribution in [0.5, 0.6) is 0 Å². The van der Waals surface area contributed by atoms with Gasteiger partial charge in [-0.25, -0.2) is 9.97 Å². The summed E-state index contributed by atoms with van der Waals surface area (Å²) in [5.74, 6) is 0. The molecule has 5 N–H and O–H groups in total. The van der Waals surface area contributed by atoms with Crippen molar-refractivity contribution in [2.24, 2.45) is 0 Å². The van der Waals surface area contributed by atoms with Crippen LogP contribution < -0.4 is 28.6 Å². The minimum Gasteiger partial charge on any atom is -1.00 e. The number of halogens is 4. The summed E-state index contributed by atoms with van der Waals surface area (Å²) in [5.41, 5.74) is 12.6. The Bertz CT molecular complexity index is 1280. The molecule has 41 heavy (non-hydrogen) atoms. The number of hydrogen-bond donors (Lipinski definition) is 3. The summed E-state index contributed by atoms with van der Waals surface area (Å²) in [7, 11) is -1.35. The van der Waals surface area contributed by atoms with E-state index in [-0.39, 0.29) is 12.4 Å². The lowest BCUT2D eigenvalue weighted by molar-refractivity contribution is -0.386. The van der Waals surface area contributed by atoms with Crippen LogP contribution in [0, 0.1) is 20.8 Å². The topological polar surface area (TPSA) is 106 Å². The number of aromatic nitrogens is 3. The Morgan fingerprint density at radius 2 is 1.24 bits per heavy atom. The number of H-pyrrole nitrogens is 1. The molecule has 0 aliphatic heterocycles. The molecule has 5 aromatic rings. The molecule has 0 saturated carbocycles. The molecule has 214 valence electrons. The second-order valence-electron chi connectivity index (χ2n) is 8.58. The van der Waals surface area contributed by atoms with Crippen LogP contribution in [0.3, 0.4) is 0 Å². The van der Waals surface area contributed by atoms with Gasteiger partial charge in [0.1, 0.15) is 4.60 Å². The van der Waals surface area contributed by atoms with Gasteiger partial charge in [0.25, 0.3) is 0 Å². The summed E-state index contributed by atoms with van der Waals surface area (Å²) < 4.78 is 2.89. The van der Waals surface area contributed by atoms with Crippen LogP contribution in [0.15, 0.2) is 117 Å². The molecular formula is C30H31BBr3ClN4O2. The Morgan fingerprint density at radius 3 is 1.66 bits per heavy atom. The number of nitrogens with two attached hydrogens (primary N) is 1. The summed E-state index contributed by atoms with van der Waals surface area (Å²) in [4.78, 5) is 11.2. The molecule has 2 aromatic carbocycles. The lowest BCUT2D eigenvalue weighted by Gasteiger charge is -1.98. The number of nitrogen functional groups attached to an aromatic ring is 1. The van der Waals surface area contributed by atoms with Crippen LogP contribution in [0.4, 0.5) is 5.69 Å². The normalized spacial score (nSPS) is 9.37. The van der Waals surface area contributed by atoms with Crippen LogP contribution in [0.25, 0.3) is 11.1 Å². The zero-order chi connectivity index (χ0) is 29.5. The van der Waals surface area contributed by atoms with E-state index in [0.29, 0.717) is 5.46 Å². The van der Waals surface area contributed by atoms with Gasteiger partial charge in [0, 0.05) is 51.3 Å². The van der Waals surface area contributed by atoms with Gasteiger partial charge in [-0.2, -0.15) is 0 Å². The standard InChI is InChI=1S/C12H12N2.C7H9BO2.C6H6BrN.C5H3Br2N.ClH/c1-9-2-3-11(8-14-9)10-4-6-12(13)7-5-10;1-6-2-4-7(5-3-6)8(9)10;1-5-2-3-6(7)4-8-5;6-4-1-2-5(7)8-3-4;/h2-8H,13H2,1H3;2-5,9-10H,1H3;2-4H,1H3;1-3H;1H. The van der Waals surface area contributed by atoms with Crippen LogP contribution in [-0.4, -0.2) is 27.1 Å². The maximum Gasteiger partial charge on any atom is 0.488 e. The first-order valence-corrected chi connectivity index (χ1v) is 14.5. The lowest BCUT2D eigenvalue weighted by Crippen LogP contribution is -3.00. The highest BCUT2D eigenvalue weighted by Gasteiger charge is 2.08. The fourth-order valence-corrected chi connectivity index (χ4v) is 3.61. The van der Waals surface area contributed by atoms with Gasteiger partial charge < -0.3 is 28.2 Å². The fraction of sp³-hybridized carbons (Fsp3) is 0.100. The predicted molar refractivity (Wildman–Crippen MR) is 175 cm³/mol. The zero-order valence-electron chi connectivity index (χ0n) is 22.8. The monoisotopic (exact) mass is 762 g/mol. The molecule has 5 rings (SSSR count). The number of rotatable bonds is 2. The Hall–Kier alpha value is -2.60. The molecule has 0 fully saturated rings. The van der Waals surface area contributed by atoms with Crippen molar-refractivity contribution in [3.8, 4) is 11.1 Å². The third-order valence-corrected chi connectivity index (χ3v) is 6.56. The van der Waals surface area contributed by atoms with Gasteiger partial charge in [-0.1, -0.05) is 42.0 Å². The van der Waals surface area contributed by atoms with E-state index in [1.165, 1.54) is 11.1 Å². The molecular weight excluding hydrogens is 734 g/mol. The molecule has 0 unspecified atom stereocenters. The van der Waals surface area contributed by atoms with Gasteiger partial charge in [0.2, 0.25) is 0 Å². The number of benzene rings is 2. The van der Waals surface area contributed by atoms with Crippen molar-refractivity contribution in [2.45, 2.75) is 20.8 Å². The van der Waals surface area contributed by atoms with Crippen LogP contribution in [0.2, 0.25) is 0 Å². The second-order valence-corrected chi connectivity index (χ2v) is 11.2. The van der Waals surface area contributed by atoms with Crippen molar-refractivity contribution in [1.82, 2.24) is 9.97 Å². The minimum absolute atomic E-state index is 0. The lowest BCUT2D eigenvalue weighted by atomic mass is 9.80. The number of nitrogens with zero attached hydrogens (tertiary/aromatic N) is 2. The van der Waals surface area contributed by atoms with Gasteiger partial charge in [0.15, 0.2) is 11.9 Å². The Morgan fingerprint density at radius 1 is 0.683 bits per heavy atom. The second kappa shape index (κ2) is 19.5. The number of hydrogen-bond acceptors (Lipinski definition) is 5. The summed E-state index contributed by atoms with van der Waals surface area (Å²) in [6.07, 6.45) is 5.53. The third-order valence-electron chi connectivity index (χ3n) is 5.15. The number of aromatic amines is 1. The number of pyridine rings is 3. The molecule has 0 saturated heterocycles. The molecule has 0 bridgehead atoms. The van der Waals surface area contributed by atoms with E-state index in [1.54, 1.807) is 24.5 Å². The van der Waals surface area contributed by atoms with Crippen molar-refractivity contribution in [3.05, 3.63) is 134 Å². The van der Waals surface area contributed by atoms with Gasteiger partial charge in [-0.15, -0.1) is 0 Å². The van der Waals surface area contributed by atoms with E-state index >= 15 is 0 Å². The van der Waals surface area contributed by atoms with E-state index in [2.05, 4.69) is 74.9 Å². The van der Waals surface area contributed by atoms with Crippen molar-refractivity contribution in [2.75, 3.05) is 5.73 Å². The summed E-state index contributed by atoms with van der Waals surface area (Å²) in [6, 6.07) is 26.8. The Kier molecular flexibility index (Phi) is 17.3. The maximum atomic E-state index is 8.67. The van der Waals surface area contributed by atoms with Crippen LogP contribution in [-0.2, 0) is 0 Å². The van der Waals surface area contributed by atoms with Crippen molar-refractivity contribution >= 4 is 66.1 Å². The molecule has 0 aliphatic carbocycles. The first-order chi connectivity index (χ1) is 19.0. The first-order valence-electron chi connectivity index (χ1n) is 12.2. The maximum absolute atomic E-state index is 8.67. The summed E-state index contributed by atoms with van der Waals surface area (Å²) >= 11 is 9.76. The van der Waals surface area contributed by atoms with E-state index in [0.717, 1.165) is 36.2 Å². The average Bonchev–Trinajstić information content (AvgIpc) is 2.94. The van der Waals surface area contributed by atoms with Crippen molar-refractivity contribution < 1.29 is 27.4 Å². The van der Waals surface area contributed by atoms with E-state index in [1.807, 2.05) is 87.6 Å². The van der Waals surface area contributed by atoms with E-state index < -0.39 is 7.12 Å². The third kappa shape index (κ3) is 15.3.